The van der Waals surface area contributed by atoms with Gasteiger partial charge in [-0.3, -0.25) is 4.79 Å². The monoisotopic (exact) mass is 378 g/mol. The molecule has 2 N–H and O–H groups in total. The predicted molar refractivity (Wildman–Crippen MR) is 89.8 cm³/mol. The molecule has 1 amide bonds. The van der Waals surface area contributed by atoms with Gasteiger partial charge >= 0.3 is 6.18 Å². The number of carbonyl (C=O) groups excluding carboxylic acids is 1. The fourth-order valence-electron chi connectivity index (χ4n) is 3.73. The van der Waals surface area contributed by atoms with Crippen molar-refractivity contribution in [1.82, 2.24) is 10.2 Å². The van der Waals surface area contributed by atoms with Crippen LogP contribution in [0, 0.1) is 5.41 Å². The van der Waals surface area contributed by atoms with Crippen LogP contribution in [0.4, 0.5) is 13.2 Å². The topological polar surface area (TPSA) is 52.6 Å². The molecule has 25 heavy (non-hydrogen) atoms. The van der Waals surface area contributed by atoms with Crippen molar-refractivity contribution >= 4 is 18.3 Å². The molecule has 2 atom stereocenters. The number of alkyl halides is 3. The van der Waals surface area contributed by atoms with Gasteiger partial charge in [0.15, 0.2) is 0 Å². The fraction of sp³-hybridized carbons (Fsp3) is 0.588. The summed E-state index contributed by atoms with van der Waals surface area (Å²) in [6.07, 6.45) is -2.58. The first-order valence-corrected chi connectivity index (χ1v) is 8.17. The summed E-state index contributed by atoms with van der Waals surface area (Å²) in [4.78, 5) is 14.3. The van der Waals surface area contributed by atoms with Crippen LogP contribution in [0.3, 0.4) is 0 Å². The smallest absolute Gasteiger partial charge is 0.392 e. The molecule has 2 aliphatic rings. The van der Waals surface area contributed by atoms with Gasteiger partial charge in [0.25, 0.3) is 5.91 Å². The Kier molecular flexibility index (Phi) is 6.01. The van der Waals surface area contributed by atoms with Crippen LogP contribution in [0.25, 0.3) is 0 Å². The maximum atomic E-state index is 12.6. The zero-order valence-electron chi connectivity index (χ0n) is 13.7. The van der Waals surface area contributed by atoms with Crippen molar-refractivity contribution in [3.05, 3.63) is 35.4 Å². The van der Waals surface area contributed by atoms with Gasteiger partial charge in [0, 0.05) is 30.6 Å². The van der Waals surface area contributed by atoms with Gasteiger partial charge in [-0.25, -0.2) is 0 Å². The number of amides is 1. The fourth-order valence-corrected chi connectivity index (χ4v) is 3.73. The van der Waals surface area contributed by atoms with Gasteiger partial charge in [-0.1, -0.05) is 0 Å². The SMILES string of the molecule is Cl.O=C(c1ccc(C(F)(F)F)cc1)N1CCC[C@]2(CNCC[C@@H]2O)C1. The molecule has 0 aliphatic carbocycles. The van der Waals surface area contributed by atoms with Crippen molar-refractivity contribution in [1.29, 1.82) is 0 Å². The number of nitrogens with one attached hydrogen (secondary N) is 1. The number of benzene rings is 1. The number of halogens is 4. The lowest BCUT2D eigenvalue weighted by atomic mass is 9.72. The van der Waals surface area contributed by atoms with E-state index in [-0.39, 0.29) is 29.3 Å². The summed E-state index contributed by atoms with van der Waals surface area (Å²) in [5.41, 5.74) is -0.864. The van der Waals surface area contributed by atoms with Crippen LogP contribution >= 0.6 is 12.4 Å². The molecule has 2 heterocycles. The Morgan fingerprint density at radius 2 is 1.96 bits per heavy atom. The number of likely N-dealkylation sites (tertiary alicyclic amines) is 1. The molecule has 2 fully saturated rings. The minimum absolute atomic E-state index is 0. The molecular weight excluding hydrogens is 357 g/mol. The Morgan fingerprint density at radius 1 is 1.28 bits per heavy atom. The van der Waals surface area contributed by atoms with Gasteiger partial charge in [-0.15, -0.1) is 12.4 Å². The molecule has 2 aliphatic heterocycles. The summed E-state index contributed by atoms with van der Waals surface area (Å²) in [5.74, 6) is -0.277. The van der Waals surface area contributed by atoms with Gasteiger partial charge in [0.2, 0.25) is 0 Å². The van der Waals surface area contributed by atoms with E-state index in [4.69, 9.17) is 0 Å². The molecule has 0 saturated carbocycles. The summed E-state index contributed by atoms with van der Waals surface area (Å²) >= 11 is 0. The molecule has 3 rings (SSSR count). The standard InChI is InChI=1S/C17H21F3N2O2.ClH/c18-17(19,20)13-4-2-12(3-5-13)15(24)22-9-1-7-16(11-22)10-21-8-6-14(16)23;/h2-5,14,21,23H,1,6-11H2;1H/t14-,16-;/m0./s1. The number of hydrogen-bond acceptors (Lipinski definition) is 3. The largest absolute Gasteiger partial charge is 0.416 e. The van der Waals surface area contributed by atoms with Crippen LogP contribution in [0.15, 0.2) is 24.3 Å². The van der Waals surface area contributed by atoms with Crippen LogP contribution in [0.5, 0.6) is 0 Å². The van der Waals surface area contributed by atoms with E-state index in [0.717, 1.165) is 31.5 Å². The molecule has 0 bridgehead atoms. The van der Waals surface area contributed by atoms with E-state index in [0.29, 0.717) is 26.1 Å². The lowest BCUT2D eigenvalue weighted by molar-refractivity contribution is -0.137. The highest BCUT2D eigenvalue weighted by atomic mass is 35.5. The molecule has 4 nitrogen and oxygen atoms in total. The summed E-state index contributed by atoms with van der Waals surface area (Å²) in [7, 11) is 0. The number of hydrogen-bond donors (Lipinski definition) is 2. The third-order valence-electron chi connectivity index (χ3n) is 5.13. The van der Waals surface area contributed by atoms with Crippen LogP contribution < -0.4 is 5.32 Å². The molecule has 0 unspecified atom stereocenters. The zero-order valence-corrected chi connectivity index (χ0v) is 14.5. The van der Waals surface area contributed by atoms with Crippen LogP contribution in [-0.4, -0.2) is 48.2 Å². The number of aliphatic hydroxyl groups excluding tert-OH is 1. The Bertz CT molecular complexity index is 605. The van der Waals surface area contributed by atoms with E-state index >= 15 is 0 Å². The molecule has 1 aromatic carbocycles. The van der Waals surface area contributed by atoms with Crippen LogP contribution in [0.1, 0.15) is 35.2 Å². The van der Waals surface area contributed by atoms with Crippen LogP contribution in [0.2, 0.25) is 0 Å². The second-order valence-electron chi connectivity index (χ2n) is 6.75. The summed E-state index contributed by atoms with van der Waals surface area (Å²) in [6, 6.07) is 4.32. The van der Waals surface area contributed by atoms with E-state index < -0.39 is 17.8 Å². The Balaban J connectivity index is 0.00000225. The second-order valence-corrected chi connectivity index (χ2v) is 6.75. The third kappa shape index (κ3) is 4.10. The van der Waals surface area contributed by atoms with E-state index in [9.17, 15) is 23.1 Å². The first-order valence-electron chi connectivity index (χ1n) is 8.17. The minimum atomic E-state index is -4.41. The van der Waals surface area contributed by atoms with Gasteiger partial charge in [0.1, 0.15) is 0 Å². The van der Waals surface area contributed by atoms with Crippen molar-refractivity contribution in [2.45, 2.75) is 31.5 Å². The number of carbonyl (C=O) groups is 1. The third-order valence-corrected chi connectivity index (χ3v) is 5.13. The summed E-state index contributed by atoms with van der Waals surface area (Å²) in [5, 5.41) is 13.7. The highest BCUT2D eigenvalue weighted by molar-refractivity contribution is 5.94. The quantitative estimate of drug-likeness (QED) is 0.790. The molecule has 140 valence electrons. The average Bonchev–Trinajstić information content (AvgIpc) is 2.57. The number of aliphatic hydroxyl groups is 1. The second kappa shape index (κ2) is 7.51. The first-order chi connectivity index (χ1) is 11.3. The van der Waals surface area contributed by atoms with E-state index in [1.807, 2.05) is 0 Å². The molecular formula is C17H22ClF3N2O2. The zero-order chi connectivity index (χ0) is 17.4. The summed E-state index contributed by atoms with van der Waals surface area (Å²) < 4.78 is 37.9. The van der Waals surface area contributed by atoms with Crippen molar-refractivity contribution < 1.29 is 23.1 Å². The number of piperidine rings is 2. The average molecular weight is 379 g/mol. The maximum Gasteiger partial charge on any atom is 0.416 e. The molecule has 0 aromatic heterocycles. The Labute approximate surface area is 150 Å². The molecule has 0 radical (unpaired) electrons. The van der Waals surface area contributed by atoms with Crippen molar-refractivity contribution in [3.63, 3.8) is 0 Å². The van der Waals surface area contributed by atoms with Crippen molar-refractivity contribution in [3.8, 4) is 0 Å². The molecule has 2 saturated heterocycles. The van der Waals surface area contributed by atoms with Crippen molar-refractivity contribution in [2.24, 2.45) is 5.41 Å². The lowest BCUT2D eigenvalue weighted by Crippen LogP contribution is -2.58. The first kappa shape index (κ1) is 20.0. The molecule has 1 aromatic rings. The van der Waals surface area contributed by atoms with E-state index in [1.54, 1.807) is 4.90 Å². The minimum Gasteiger partial charge on any atom is -0.392 e. The van der Waals surface area contributed by atoms with Crippen LogP contribution in [-0.2, 0) is 6.18 Å². The lowest BCUT2D eigenvalue weighted by Gasteiger charge is -2.48. The van der Waals surface area contributed by atoms with E-state index in [1.165, 1.54) is 12.1 Å². The Morgan fingerprint density at radius 3 is 2.56 bits per heavy atom. The Hall–Kier alpha value is -1.31. The number of rotatable bonds is 1. The van der Waals surface area contributed by atoms with Gasteiger partial charge < -0.3 is 15.3 Å². The molecule has 8 heteroatoms. The highest BCUT2D eigenvalue weighted by Crippen LogP contribution is 2.37. The normalized spacial score (nSPS) is 27.0. The summed E-state index contributed by atoms with van der Waals surface area (Å²) in [6.45, 7) is 2.41. The van der Waals surface area contributed by atoms with Gasteiger partial charge in [-0.05, 0) is 50.1 Å². The predicted octanol–water partition coefficient (Wildman–Crippen LogP) is 2.70. The van der Waals surface area contributed by atoms with Gasteiger partial charge in [0.05, 0.1) is 11.7 Å². The number of nitrogens with zero attached hydrogens (tertiary/aromatic N) is 1. The highest BCUT2D eigenvalue weighted by Gasteiger charge is 2.44. The molecule has 1 spiro atoms. The van der Waals surface area contributed by atoms with E-state index in [2.05, 4.69) is 5.32 Å². The van der Waals surface area contributed by atoms with Gasteiger partial charge in [-0.2, -0.15) is 13.2 Å². The van der Waals surface area contributed by atoms with Crippen molar-refractivity contribution in [2.75, 3.05) is 26.2 Å². The maximum absolute atomic E-state index is 12.6.